The number of esters is 1. The second-order valence-corrected chi connectivity index (χ2v) is 6.35. The summed E-state index contributed by atoms with van der Waals surface area (Å²) in [5.74, 6) is -0.289. The number of non-ortho nitro benzene ring substituents is 1. The molecule has 2 aromatic carbocycles. The average molecular weight is 431 g/mol. The van der Waals surface area contributed by atoms with Gasteiger partial charge in [-0.2, -0.15) is 0 Å². The van der Waals surface area contributed by atoms with Crippen LogP contribution in [0.15, 0.2) is 65.3 Å². The second kappa shape index (κ2) is 9.57. The number of hydrogen-bond acceptors (Lipinski definition) is 7. The molecule has 30 heavy (non-hydrogen) atoms. The number of carbonyl (C=O) groups excluding carboxylic acids is 2. The summed E-state index contributed by atoms with van der Waals surface area (Å²) in [6.45, 7) is -0.284. The number of nitrogens with zero attached hydrogens (tertiary/aromatic N) is 1. The molecule has 0 aliphatic rings. The lowest BCUT2D eigenvalue weighted by Crippen LogP contribution is -2.30. The molecule has 0 saturated carbocycles. The molecule has 1 N–H and O–H groups in total. The van der Waals surface area contributed by atoms with Crippen molar-refractivity contribution in [2.24, 2.45) is 0 Å². The summed E-state index contributed by atoms with van der Waals surface area (Å²) in [5.41, 5.74) is 0.563. The molecule has 1 aromatic heterocycles. The molecule has 10 heteroatoms. The Kier molecular flexibility index (Phi) is 6.66. The highest BCUT2D eigenvalue weighted by atomic mass is 35.5. The Morgan fingerprint density at radius 3 is 2.53 bits per heavy atom. The Hall–Kier alpha value is -3.85. The normalized spacial score (nSPS) is 10.3. The van der Waals surface area contributed by atoms with Crippen molar-refractivity contribution < 1.29 is 28.4 Å². The molecule has 0 radical (unpaired) electrons. The fourth-order valence-electron chi connectivity index (χ4n) is 2.33. The molecular weight excluding hydrogens is 416 g/mol. The molecule has 1 amide bonds. The third-order valence-electron chi connectivity index (χ3n) is 3.82. The molecule has 3 aromatic rings. The van der Waals surface area contributed by atoms with Gasteiger partial charge in [0.15, 0.2) is 5.76 Å². The zero-order valence-corrected chi connectivity index (χ0v) is 16.1. The van der Waals surface area contributed by atoms with Crippen LogP contribution in [0.25, 0.3) is 0 Å². The summed E-state index contributed by atoms with van der Waals surface area (Å²) in [6.07, 6.45) is 1.36. The van der Waals surface area contributed by atoms with Crippen molar-refractivity contribution >= 4 is 29.2 Å². The molecule has 154 valence electrons. The fraction of sp³-hybridized carbons (Fsp3) is 0.100. The minimum absolute atomic E-state index is 0.00796. The van der Waals surface area contributed by atoms with Crippen LogP contribution in [0.1, 0.15) is 16.1 Å². The molecular formula is C20H15ClN2O7. The van der Waals surface area contributed by atoms with Gasteiger partial charge in [0.25, 0.3) is 11.6 Å². The van der Waals surface area contributed by atoms with Crippen molar-refractivity contribution in [1.82, 2.24) is 5.32 Å². The lowest BCUT2D eigenvalue weighted by atomic mass is 10.2. The summed E-state index contributed by atoms with van der Waals surface area (Å²) in [7, 11) is 0. The Balaban J connectivity index is 1.48. The first-order chi connectivity index (χ1) is 14.4. The van der Waals surface area contributed by atoms with E-state index >= 15 is 0 Å². The molecule has 0 unspecified atom stereocenters. The molecule has 0 atom stereocenters. The van der Waals surface area contributed by atoms with Gasteiger partial charge in [-0.15, -0.1) is 0 Å². The number of nitro benzene ring substituents is 1. The van der Waals surface area contributed by atoms with Crippen molar-refractivity contribution in [1.29, 1.82) is 0 Å². The number of furan rings is 1. The van der Waals surface area contributed by atoms with Gasteiger partial charge in [-0.25, -0.2) is 0 Å². The van der Waals surface area contributed by atoms with Crippen LogP contribution in [0.4, 0.5) is 5.69 Å². The largest absolute Gasteiger partial charge is 0.460 e. The van der Waals surface area contributed by atoms with Gasteiger partial charge in [0.05, 0.1) is 16.2 Å². The van der Waals surface area contributed by atoms with Crippen LogP contribution in [-0.2, 0) is 16.1 Å². The van der Waals surface area contributed by atoms with E-state index in [4.69, 9.17) is 25.5 Å². The second-order valence-electron chi connectivity index (χ2n) is 5.94. The predicted molar refractivity (Wildman–Crippen MR) is 105 cm³/mol. The van der Waals surface area contributed by atoms with E-state index in [2.05, 4.69) is 5.32 Å². The van der Waals surface area contributed by atoms with Crippen LogP contribution < -0.4 is 10.1 Å². The van der Waals surface area contributed by atoms with Gasteiger partial charge in [0, 0.05) is 12.1 Å². The van der Waals surface area contributed by atoms with Gasteiger partial charge in [-0.1, -0.05) is 23.7 Å². The van der Waals surface area contributed by atoms with Crippen LogP contribution in [0.3, 0.4) is 0 Å². The molecule has 9 nitrogen and oxygen atoms in total. The number of nitro groups is 1. The SMILES string of the molecule is O=C(CNC(=O)c1ccco1)OCc1ccc(Oc2ccc([N+](=O)[O-])cc2Cl)cc1. The smallest absolute Gasteiger partial charge is 0.325 e. The molecule has 0 aliphatic heterocycles. The van der Waals surface area contributed by atoms with Gasteiger partial charge < -0.3 is 19.2 Å². The van der Waals surface area contributed by atoms with Crippen LogP contribution in [0, 0.1) is 10.1 Å². The highest BCUT2D eigenvalue weighted by Gasteiger charge is 2.12. The van der Waals surface area contributed by atoms with Gasteiger partial charge in [-0.3, -0.25) is 19.7 Å². The molecule has 1 heterocycles. The first-order valence-electron chi connectivity index (χ1n) is 8.60. The van der Waals surface area contributed by atoms with Crippen LogP contribution in [-0.4, -0.2) is 23.3 Å². The van der Waals surface area contributed by atoms with E-state index in [0.717, 1.165) is 0 Å². The van der Waals surface area contributed by atoms with E-state index < -0.39 is 16.8 Å². The van der Waals surface area contributed by atoms with Crippen molar-refractivity contribution in [3.8, 4) is 11.5 Å². The first kappa shape index (κ1) is 20.9. The number of rotatable bonds is 8. The molecule has 0 spiro atoms. The number of hydrogen-bond donors (Lipinski definition) is 1. The Morgan fingerprint density at radius 1 is 1.13 bits per heavy atom. The number of carbonyl (C=O) groups is 2. The molecule has 0 fully saturated rings. The number of nitrogens with one attached hydrogen (secondary N) is 1. The molecule has 0 aliphatic carbocycles. The quantitative estimate of drug-likeness (QED) is 0.324. The summed E-state index contributed by atoms with van der Waals surface area (Å²) in [6, 6.07) is 13.6. The summed E-state index contributed by atoms with van der Waals surface area (Å²) in [5, 5.41) is 13.2. The molecule has 0 bridgehead atoms. The minimum Gasteiger partial charge on any atom is -0.460 e. The fourth-order valence-corrected chi connectivity index (χ4v) is 2.54. The first-order valence-corrected chi connectivity index (χ1v) is 8.98. The zero-order valence-electron chi connectivity index (χ0n) is 15.4. The monoisotopic (exact) mass is 430 g/mol. The predicted octanol–water partition coefficient (Wildman–Crippen LogP) is 4.11. The van der Waals surface area contributed by atoms with Crippen LogP contribution >= 0.6 is 11.6 Å². The maximum Gasteiger partial charge on any atom is 0.325 e. The van der Waals surface area contributed by atoms with E-state index in [1.54, 1.807) is 30.3 Å². The van der Waals surface area contributed by atoms with Gasteiger partial charge in [0.2, 0.25) is 0 Å². The number of benzene rings is 2. The zero-order chi connectivity index (χ0) is 21.5. The van der Waals surface area contributed by atoms with E-state index in [-0.39, 0.29) is 35.4 Å². The number of halogens is 1. The molecule has 3 rings (SSSR count). The Labute approximate surface area is 175 Å². The van der Waals surface area contributed by atoms with Gasteiger partial charge >= 0.3 is 5.97 Å². The highest BCUT2D eigenvalue weighted by molar-refractivity contribution is 6.32. The third kappa shape index (κ3) is 5.58. The standard InChI is InChI=1S/C20H15ClN2O7/c21-16-10-14(23(26)27)5-8-17(16)30-15-6-3-13(4-7-15)12-29-19(24)11-22-20(25)18-2-1-9-28-18/h1-10H,11-12H2,(H,22,25). The summed E-state index contributed by atoms with van der Waals surface area (Å²) in [4.78, 5) is 33.6. The van der Waals surface area contributed by atoms with Crippen molar-refractivity contribution in [2.45, 2.75) is 6.61 Å². The van der Waals surface area contributed by atoms with Crippen molar-refractivity contribution in [3.05, 3.63) is 87.3 Å². The Morgan fingerprint density at radius 2 is 1.90 bits per heavy atom. The summed E-state index contributed by atoms with van der Waals surface area (Å²) < 4.78 is 15.6. The van der Waals surface area contributed by atoms with Gasteiger partial charge in [0.1, 0.15) is 24.7 Å². The van der Waals surface area contributed by atoms with E-state index in [0.29, 0.717) is 11.3 Å². The van der Waals surface area contributed by atoms with E-state index in [9.17, 15) is 19.7 Å². The lowest BCUT2D eigenvalue weighted by Gasteiger charge is -2.09. The lowest BCUT2D eigenvalue weighted by molar-refractivity contribution is -0.384. The van der Waals surface area contributed by atoms with Gasteiger partial charge in [-0.05, 0) is 35.9 Å². The summed E-state index contributed by atoms with van der Waals surface area (Å²) >= 11 is 6.00. The van der Waals surface area contributed by atoms with Crippen molar-refractivity contribution in [2.75, 3.05) is 6.54 Å². The van der Waals surface area contributed by atoms with Crippen LogP contribution in [0.5, 0.6) is 11.5 Å². The van der Waals surface area contributed by atoms with E-state index in [1.165, 1.54) is 30.5 Å². The number of amides is 1. The van der Waals surface area contributed by atoms with Crippen LogP contribution in [0.2, 0.25) is 5.02 Å². The van der Waals surface area contributed by atoms with Crippen molar-refractivity contribution in [3.63, 3.8) is 0 Å². The number of ether oxygens (including phenoxy) is 2. The van der Waals surface area contributed by atoms with E-state index in [1.807, 2.05) is 0 Å². The maximum absolute atomic E-state index is 11.8. The maximum atomic E-state index is 11.8. The average Bonchev–Trinajstić information content (AvgIpc) is 3.28. The third-order valence-corrected chi connectivity index (χ3v) is 4.11. The minimum atomic E-state index is -0.604. The highest BCUT2D eigenvalue weighted by Crippen LogP contribution is 2.32. The molecule has 0 saturated heterocycles. The Bertz CT molecular complexity index is 1050. The topological polar surface area (TPSA) is 121 Å².